The summed E-state index contributed by atoms with van der Waals surface area (Å²) in [5.74, 6) is -0.932. The molecule has 2 bridgehead atoms. The van der Waals surface area contributed by atoms with Gasteiger partial charge in [0.2, 0.25) is 5.95 Å². The molecule has 0 spiro atoms. The number of hydrogen-bond acceptors (Lipinski definition) is 5. The molecule has 5 nitrogen and oxygen atoms in total. The summed E-state index contributed by atoms with van der Waals surface area (Å²) >= 11 is 3.58. The van der Waals surface area contributed by atoms with Crippen molar-refractivity contribution in [2.75, 3.05) is 5.73 Å². The number of nitrogens with zero attached hydrogens (tertiary/aromatic N) is 4. The van der Waals surface area contributed by atoms with Crippen LogP contribution in [0.4, 0.5) is 14.7 Å². The molecule has 5 rings (SSSR count). The molecule has 8 heteroatoms. The van der Waals surface area contributed by atoms with E-state index < -0.39 is 17.0 Å². The largest absolute Gasteiger partial charge is 0.368 e. The van der Waals surface area contributed by atoms with E-state index in [1.54, 1.807) is 12.3 Å². The molecule has 1 aromatic carbocycles. The fraction of sp³-hybridized carbons (Fsp3) is 0.333. The molecular formula is C21H18BrF2N5. The molecule has 2 N–H and O–H groups in total. The van der Waals surface area contributed by atoms with Gasteiger partial charge in [0.05, 0.1) is 32.5 Å². The van der Waals surface area contributed by atoms with Crippen LogP contribution in [0, 0.1) is 17.0 Å². The van der Waals surface area contributed by atoms with Gasteiger partial charge in [-0.3, -0.25) is 0 Å². The van der Waals surface area contributed by atoms with Gasteiger partial charge < -0.3 is 5.73 Å². The van der Waals surface area contributed by atoms with Crippen LogP contribution in [0.5, 0.6) is 0 Å². The number of nitrogen functional groups attached to an aromatic ring is 1. The van der Waals surface area contributed by atoms with Crippen molar-refractivity contribution in [3.63, 3.8) is 0 Å². The first-order valence-corrected chi connectivity index (χ1v) is 10.2. The molecular weight excluding hydrogens is 440 g/mol. The van der Waals surface area contributed by atoms with Crippen molar-refractivity contribution in [1.29, 1.82) is 0 Å². The van der Waals surface area contributed by atoms with E-state index in [-0.39, 0.29) is 28.5 Å². The quantitative estimate of drug-likeness (QED) is 0.599. The molecule has 0 saturated heterocycles. The molecule has 2 atom stereocenters. The van der Waals surface area contributed by atoms with Gasteiger partial charge in [0, 0.05) is 6.20 Å². The van der Waals surface area contributed by atoms with Gasteiger partial charge in [0.1, 0.15) is 11.6 Å². The third-order valence-electron chi connectivity index (χ3n) is 6.77. The van der Waals surface area contributed by atoms with Gasteiger partial charge in [0.15, 0.2) is 0 Å². The molecule has 2 aliphatic carbocycles. The highest BCUT2D eigenvalue weighted by molar-refractivity contribution is 9.10. The maximum atomic E-state index is 14.3. The van der Waals surface area contributed by atoms with E-state index in [4.69, 9.17) is 5.73 Å². The number of nitrogens with two attached hydrogens (primary N) is 1. The number of fused-ring (bicyclic) bond motifs is 5. The van der Waals surface area contributed by atoms with Gasteiger partial charge in [-0.15, -0.1) is 5.10 Å². The predicted octanol–water partition coefficient (Wildman–Crippen LogP) is 4.76. The van der Waals surface area contributed by atoms with Gasteiger partial charge in [-0.05, 0) is 63.9 Å². The SMILES string of the molecule is CC1(C)[C@H]2CC[C@]1(c1nc(N)ncc1Br)c1nnc(-c3c(F)cccc3F)cc12. The van der Waals surface area contributed by atoms with Crippen LogP contribution in [0.25, 0.3) is 11.3 Å². The maximum Gasteiger partial charge on any atom is 0.220 e. The number of benzene rings is 1. The third kappa shape index (κ3) is 2.29. The number of rotatable bonds is 2. The van der Waals surface area contributed by atoms with Crippen molar-refractivity contribution in [1.82, 2.24) is 20.2 Å². The Morgan fingerprint density at radius 3 is 2.59 bits per heavy atom. The van der Waals surface area contributed by atoms with Crippen molar-refractivity contribution in [2.45, 2.75) is 38.0 Å². The van der Waals surface area contributed by atoms with Crippen LogP contribution < -0.4 is 5.73 Å². The van der Waals surface area contributed by atoms with Gasteiger partial charge in [-0.2, -0.15) is 5.10 Å². The fourth-order valence-electron chi connectivity index (χ4n) is 5.39. The minimum absolute atomic E-state index is 0.148. The molecule has 0 radical (unpaired) electrons. The fourth-order valence-corrected chi connectivity index (χ4v) is 5.92. The number of aromatic nitrogens is 4. The van der Waals surface area contributed by atoms with E-state index in [2.05, 4.69) is 49.9 Å². The third-order valence-corrected chi connectivity index (χ3v) is 7.35. The van der Waals surface area contributed by atoms with Crippen LogP contribution in [-0.4, -0.2) is 20.2 Å². The molecule has 3 aromatic rings. The Balaban J connectivity index is 1.76. The van der Waals surface area contributed by atoms with Gasteiger partial charge in [-0.25, -0.2) is 18.7 Å². The summed E-state index contributed by atoms with van der Waals surface area (Å²) in [4.78, 5) is 8.63. The van der Waals surface area contributed by atoms with E-state index in [1.807, 2.05) is 0 Å². The van der Waals surface area contributed by atoms with E-state index >= 15 is 0 Å². The molecule has 0 amide bonds. The van der Waals surface area contributed by atoms with Crippen LogP contribution in [0.15, 0.2) is 34.9 Å². The lowest BCUT2D eigenvalue weighted by Crippen LogP contribution is -2.38. The molecule has 148 valence electrons. The summed E-state index contributed by atoms with van der Waals surface area (Å²) in [6, 6.07) is 5.58. The summed E-state index contributed by atoms with van der Waals surface area (Å²) in [5, 5.41) is 8.74. The average molecular weight is 458 g/mol. The highest BCUT2D eigenvalue weighted by Crippen LogP contribution is 2.70. The Labute approximate surface area is 174 Å². The zero-order valence-corrected chi connectivity index (χ0v) is 17.5. The summed E-state index contributed by atoms with van der Waals surface area (Å²) in [7, 11) is 0. The molecule has 2 aromatic heterocycles. The minimum atomic E-state index is -0.650. The summed E-state index contributed by atoms with van der Waals surface area (Å²) in [6.45, 7) is 4.36. The van der Waals surface area contributed by atoms with Crippen molar-refractivity contribution < 1.29 is 8.78 Å². The molecule has 1 saturated carbocycles. The number of halogens is 3. The Kier molecular flexibility index (Phi) is 3.84. The molecule has 0 aliphatic heterocycles. The lowest BCUT2D eigenvalue weighted by Gasteiger charge is -2.37. The number of anilines is 1. The zero-order chi connectivity index (χ0) is 20.6. The van der Waals surface area contributed by atoms with Crippen molar-refractivity contribution in [2.24, 2.45) is 5.41 Å². The van der Waals surface area contributed by atoms with Gasteiger partial charge in [-0.1, -0.05) is 19.9 Å². The first-order valence-electron chi connectivity index (χ1n) is 9.38. The zero-order valence-electron chi connectivity index (χ0n) is 15.9. The summed E-state index contributed by atoms with van der Waals surface area (Å²) in [6.07, 6.45) is 3.42. The van der Waals surface area contributed by atoms with Gasteiger partial charge in [0.25, 0.3) is 0 Å². The van der Waals surface area contributed by atoms with E-state index in [1.165, 1.54) is 18.2 Å². The Morgan fingerprint density at radius 1 is 1.14 bits per heavy atom. The molecule has 29 heavy (non-hydrogen) atoms. The predicted molar refractivity (Wildman–Crippen MR) is 108 cm³/mol. The highest BCUT2D eigenvalue weighted by atomic mass is 79.9. The second-order valence-corrected chi connectivity index (χ2v) is 9.13. The van der Waals surface area contributed by atoms with Crippen LogP contribution in [-0.2, 0) is 5.41 Å². The second kappa shape index (κ2) is 6.01. The lowest BCUT2D eigenvalue weighted by atomic mass is 9.66. The van der Waals surface area contributed by atoms with Crippen molar-refractivity contribution in [3.05, 3.63) is 63.5 Å². The first-order chi connectivity index (χ1) is 13.8. The average Bonchev–Trinajstić information content (AvgIpc) is 3.05. The normalized spacial score (nSPS) is 24.0. The molecule has 2 heterocycles. The van der Waals surface area contributed by atoms with Crippen LogP contribution in [0.3, 0.4) is 0 Å². The van der Waals surface area contributed by atoms with Crippen molar-refractivity contribution >= 4 is 21.9 Å². The Bertz CT molecular complexity index is 1150. The molecule has 1 fully saturated rings. The second-order valence-electron chi connectivity index (χ2n) is 8.27. The monoisotopic (exact) mass is 457 g/mol. The summed E-state index contributed by atoms with van der Waals surface area (Å²) in [5.41, 5.74) is 7.80. The van der Waals surface area contributed by atoms with E-state index in [9.17, 15) is 8.78 Å². The number of hydrogen-bond donors (Lipinski definition) is 1. The van der Waals surface area contributed by atoms with E-state index in [0.29, 0.717) is 0 Å². The van der Waals surface area contributed by atoms with Crippen molar-refractivity contribution in [3.8, 4) is 11.3 Å². The van der Waals surface area contributed by atoms with Crippen LogP contribution in [0.2, 0.25) is 0 Å². The van der Waals surface area contributed by atoms with Crippen LogP contribution >= 0.6 is 15.9 Å². The topological polar surface area (TPSA) is 77.6 Å². The Hall–Kier alpha value is -2.48. The lowest BCUT2D eigenvalue weighted by molar-refractivity contribution is 0.242. The van der Waals surface area contributed by atoms with Gasteiger partial charge >= 0.3 is 0 Å². The first kappa shape index (κ1) is 18.5. The Morgan fingerprint density at radius 2 is 1.86 bits per heavy atom. The van der Waals surface area contributed by atoms with Crippen LogP contribution in [0.1, 0.15) is 49.6 Å². The summed E-state index contributed by atoms with van der Waals surface area (Å²) < 4.78 is 29.4. The molecule has 2 aliphatic rings. The highest BCUT2D eigenvalue weighted by Gasteiger charge is 2.65. The minimum Gasteiger partial charge on any atom is -0.368 e. The molecule has 0 unspecified atom stereocenters. The smallest absolute Gasteiger partial charge is 0.220 e. The van der Waals surface area contributed by atoms with E-state index in [0.717, 1.165) is 34.3 Å². The standard InChI is InChI=1S/C21H18BrF2N5/c1-20(2)11-6-7-21(20,18-12(22)9-26-19(25)27-18)17-10(11)8-15(28-29-17)16-13(23)4-3-5-14(16)24/h3-5,8-9,11H,6-7H2,1-2H3,(H2,25,26,27)/t11-,21+/m0/s1. The maximum absolute atomic E-state index is 14.3.